The van der Waals surface area contributed by atoms with Crippen molar-refractivity contribution in [3.05, 3.63) is 29.3 Å². The van der Waals surface area contributed by atoms with Gasteiger partial charge in [-0.25, -0.2) is 0 Å². The van der Waals surface area contributed by atoms with Crippen LogP contribution in [-0.4, -0.2) is 36.3 Å². The molecule has 5 heteroatoms. The number of carbonyl (C=O) groups excluding carboxylic acids is 1. The second-order valence-electron chi connectivity index (χ2n) is 6.80. The number of benzene rings is 1. The minimum absolute atomic E-state index is 0.161. The summed E-state index contributed by atoms with van der Waals surface area (Å²) in [5.41, 5.74) is 7.16. The maximum absolute atomic E-state index is 11.5. The molecular formula is C17H28N2O3. The lowest BCUT2D eigenvalue weighted by atomic mass is 9.86. The molecule has 0 aliphatic carbocycles. The van der Waals surface area contributed by atoms with E-state index in [9.17, 15) is 9.90 Å². The Hall–Kier alpha value is -1.59. The van der Waals surface area contributed by atoms with Crippen LogP contribution in [0.2, 0.25) is 0 Å². The van der Waals surface area contributed by atoms with E-state index in [4.69, 9.17) is 10.5 Å². The molecule has 0 spiro atoms. The van der Waals surface area contributed by atoms with Gasteiger partial charge in [-0.3, -0.25) is 4.79 Å². The van der Waals surface area contributed by atoms with E-state index in [1.165, 1.54) is 0 Å². The molecule has 0 fully saturated rings. The average molecular weight is 308 g/mol. The molecule has 1 aromatic rings. The summed E-state index contributed by atoms with van der Waals surface area (Å²) in [7, 11) is 0. The highest BCUT2D eigenvalue weighted by molar-refractivity contribution is 5.80. The van der Waals surface area contributed by atoms with E-state index in [-0.39, 0.29) is 18.6 Å². The number of nitrogens with one attached hydrogen (secondary N) is 1. The molecule has 1 amide bonds. The Balaban J connectivity index is 2.53. The van der Waals surface area contributed by atoms with Crippen LogP contribution in [0.3, 0.4) is 0 Å². The van der Waals surface area contributed by atoms with Gasteiger partial charge >= 0.3 is 0 Å². The molecule has 4 N–H and O–H groups in total. The van der Waals surface area contributed by atoms with Gasteiger partial charge in [-0.2, -0.15) is 0 Å². The third-order valence-electron chi connectivity index (χ3n) is 3.54. The number of primary amides is 1. The van der Waals surface area contributed by atoms with Gasteiger partial charge in [0.15, 0.2) is 0 Å². The maximum Gasteiger partial charge on any atom is 0.235 e. The lowest BCUT2D eigenvalue weighted by Gasteiger charge is -2.29. The summed E-state index contributed by atoms with van der Waals surface area (Å²) in [5.74, 6) is 0.374. The second-order valence-corrected chi connectivity index (χ2v) is 6.80. The minimum atomic E-state index is -0.719. The molecule has 2 atom stereocenters. The van der Waals surface area contributed by atoms with Gasteiger partial charge in [0, 0.05) is 6.54 Å². The number of hydrogen-bond acceptors (Lipinski definition) is 4. The first-order valence-corrected chi connectivity index (χ1v) is 7.52. The van der Waals surface area contributed by atoms with Gasteiger partial charge in [-0.1, -0.05) is 39.0 Å². The number of nitrogens with two attached hydrogens (primary N) is 1. The smallest absolute Gasteiger partial charge is 0.235 e. The molecule has 124 valence electrons. The Morgan fingerprint density at radius 2 is 1.86 bits per heavy atom. The highest BCUT2D eigenvalue weighted by Crippen LogP contribution is 2.22. The van der Waals surface area contributed by atoms with Crippen LogP contribution in [0.4, 0.5) is 0 Å². The summed E-state index contributed by atoms with van der Waals surface area (Å²) < 4.78 is 5.70. The van der Waals surface area contributed by atoms with Crippen molar-refractivity contribution in [2.75, 3.05) is 13.2 Å². The molecule has 0 aliphatic heterocycles. The van der Waals surface area contributed by atoms with E-state index in [0.29, 0.717) is 0 Å². The summed E-state index contributed by atoms with van der Waals surface area (Å²) in [4.78, 5) is 11.5. The van der Waals surface area contributed by atoms with Crippen molar-refractivity contribution in [3.63, 3.8) is 0 Å². The van der Waals surface area contributed by atoms with Crippen molar-refractivity contribution in [2.45, 2.75) is 46.8 Å². The van der Waals surface area contributed by atoms with E-state index in [2.05, 4.69) is 5.32 Å². The van der Waals surface area contributed by atoms with Gasteiger partial charge < -0.3 is 20.9 Å². The minimum Gasteiger partial charge on any atom is -0.490 e. The monoisotopic (exact) mass is 308 g/mol. The summed E-state index contributed by atoms with van der Waals surface area (Å²) in [6.45, 7) is 10.1. The van der Waals surface area contributed by atoms with Crippen LogP contribution in [0.25, 0.3) is 0 Å². The van der Waals surface area contributed by atoms with E-state index in [1.54, 1.807) is 0 Å². The lowest BCUT2D eigenvalue weighted by molar-refractivity contribution is -0.122. The van der Waals surface area contributed by atoms with Crippen LogP contribution >= 0.6 is 0 Å². The number of aryl methyl sites for hydroxylation is 2. The first kappa shape index (κ1) is 18.5. The number of carbonyl (C=O) groups is 1. The number of ether oxygens (including phenoxy) is 1. The van der Waals surface area contributed by atoms with Gasteiger partial charge in [-0.15, -0.1) is 0 Å². The van der Waals surface area contributed by atoms with Crippen LogP contribution in [-0.2, 0) is 4.79 Å². The van der Waals surface area contributed by atoms with Crippen molar-refractivity contribution in [2.24, 2.45) is 11.1 Å². The zero-order valence-corrected chi connectivity index (χ0v) is 14.1. The summed E-state index contributed by atoms with van der Waals surface area (Å²) in [6, 6.07) is 5.41. The third-order valence-corrected chi connectivity index (χ3v) is 3.54. The summed E-state index contributed by atoms with van der Waals surface area (Å²) in [5, 5.41) is 13.1. The van der Waals surface area contributed by atoms with Crippen molar-refractivity contribution in [3.8, 4) is 5.75 Å². The van der Waals surface area contributed by atoms with Crippen molar-refractivity contribution in [1.82, 2.24) is 5.32 Å². The normalized spacial score (nSPS) is 14.5. The van der Waals surface area contributed by atoms with Gasteiger partial charge in [0.1, 0.15) is 18.5 Å². The molecule has 1 rings (SSSR count). The van der Waals surface area contributed by atoms with Crippen molar-refractivity contribution in [1.29, 1.82) is 0 Å². The van der Waals surface area contributed by atoms with Gasteiger partial charge in [0.05, 0.1) is 6.04 Å². The first-order valence-electron chi connectivity index (χ1n) is 7.52. The number of amides is 1. The number of hydrogen-bond donors (Lipinski definition) is 3. The quantitative estimate of drug-likeness (QED) is 0.713. The number of para-hydroxylation sites is 1. The lowest BCUT2D eigenvalue weighted by Crippen LogP contribution is -2.52. The SMILES string of the molecule is Cc1cccc(C)c1OCC(O)CN[C@H](C(N)=O)C(C)(C)C. The highest BCUT2D eigenvalue weighted by atomic mass is 16.5. The van der Waals surface area contributed by atoms with Crippen LogP contribution in [0, 0.1) is 19.3 Å². The Bertz CT molecular complexity index is 489. The first-order chi connectivity index (χ1) is 10.1. The molecule has 0 heterocycles. The topological polar surface area (TPSA) is 84.6 Å². The summed E-state index contributed by atoms with van der Waals surface area (Å²) in [6.07, 6.45) is -0.719. The number of aliphatic hydroxyl groups is 1. The Morgan fingerprint density at radius 3 is 2.32 bits per heavy atom. The average Bonchev–Trinajstić information content (AvgIpc) is 2.36. The molecular weight excluding hydrogens is 280 g/mol. The van der Waals surface area contributed by atoms with Crippen molar-refractivity contribution >= 4 is 5.91 Å². The van der Waals surface area contributed by atoms with E-state index in [1.807, 2.05) is 52.8 Å². The molecule has 1 aromatic carbocycles. The fourth-order valence-corrected chi connectivity index (χ4v) is 2.35. The molecule has 1 unspecified atom stereocenters. The fourth-order valence-electron chi connectivity index (χ4n) is 2.35. The molecule has 0 saturated heterocycles. The maximum atomic E-state index is 11.5. The molecule has 0 aliphatic rings. The van der Waals surface area contributed by atoms with E-state index >= 15 is 0 Å². The Morgan fingerprint density at radius 1 is 1.32 bits per heavy atom. The molecule has 0 bridgehead atoms. The number of aliphatic hydroxyl groups excluding tert-OH is 1. The predicted molar refractivity (Wildman–Crippen MR) is 87.9 cm³/mol. The standard InChI is InChI=1S/C17H28N2O3/c1-11-7-6-8-12(2)14(11)22-10-13(20)9-19-15(16(18)21)17(3,4)5/h6-8,13,15,19-20H,9-10H2,1-5H3,(H2,18,21)/t13?,15-/m1/s1. The highest BCUT2D eigenvalue weighted by Gasteiger charge is 2.29. The van der Waals surface area contributed by atoms with Crippen LogP contribution in [0.15, 0.2) is 18.2 Å². The van der Waals surface area contributed by atoms with E-state index in [0.717, 1.165) is 16.9 Å². The predicted octanol–water partition coefficient (Wildman–Crippen LogP) is 1.53. The second kappa shape index (κ2) is 7.61. The zero-order valence-electron chi connectivity index (χ0n) is 14.1. The van der Waals surface area contributed by atoms with Gasteiger partial charge in [0.2, 0.25) is 5.91 Å². The molecule has 0 aromatic heterocycles. The number of rotatable bonds is 7. The molecule has 0 saturated carbocycles. The van der Waals surface area contributed by atoms with Gasteiger partial charge in [0.25, 0.3) is 0 Å². The third kappa shape index (κ3) is 5.31. The summed E-state index contributed by atoms with van der Waals surface area (Å²) >= 11 is 0. The molecule has 22 heavy (non-hydrogen) atoms. The molecule has 5 nitrogen and oxygen atoms in total. The van der Waals surface area contributed by atoms with Crippen LogP contribution < -0.4 is 15.8 Å². The van der Waals surface area contributed by atoms with Crippen molar-refractivity contribution < 1.29 is 14.6 Å². The Kier molecular flexibility index (Phi) is 6.38. The zero-order chi connectivity index (χ0) is 16.9. The van der Waals surface area contributed by atoms with Crippen LogP contribution in [0.5, 0.6) is 5.75 Å². The molecule has 0 radical (unpaired) electrons. The van der Waals surface area contributed by atoms with E-state index < -0.39 is 18.1 Å². The fraction of sp³-hybridized carbons (Fsp3) is 0.588. The van der Waals surface area contributed by atoms with Crippen LogP contribution in [0.1, 0.15) is 31.9 Å². The largest absolute Gasteiger partial charge is 0.490 e. The Labute approximate surface area is 132 Å². The van der Waals surface area contributed by atoms with Gasteiger partial charge in [-0.05, 0) is 30.4 Å².